The standard InChI is InChI=1S/C26H29N3O/c1-17(29-30-25(2,3)4)20-11-9-12-21-22(20)15-26(5,6)28-24(21)19-14-18-10-7-8-13-23(18)27-16-19/h7-14,16H,15H2,1-6H3/b29-17+. The molecule has 30 heavy (non-hydrogen) atoms. The van der Waals surface area contributed by atoms with Gasteiger partial charge in [-0.1, -0.05) is 41.6 Å². The highest BCUT2D eigenvalue weighted by atomic mass is 16.6. The average Bonchev–Trinajstić information content (AvgIpc) is 2.69. The number of pyridine rings is 1. The predicted molar refractivity (Wildman–Crippen MR) is 125 cm³/mol. The fourth-order valence-electron chi connectivity index (χ4n) is 3.85. The Morgan fingerprint density at radius 3 is 2.60 bits per heavy atom. The molecule has 0 spiro atoms. The molecule has 0 atom stereocenters. The lowest BCUT2D eigenvalue weighted by atomic mass is 9.82. The van der Waals surface area contributed by atoms with E-state index in [0.29, 0.717) is 0 Å². The van der Waals surface area contributed by atoms with Crippen LogP contribution >= 0.6 is 0 Å². The SMILES string of the molecule is C/C(=N\OC(C)(C)C)c1cccc2c1CC(C)(C)N=C2c1cnc2ccccc2c1. The lowest BCUT2D eigenvalue weighted by Crippen LogP contribution is -2.31. The zero-order chi connectivity index (χ0) is 21.5. The highest BCUT2D eigenvalue weighted by Gasteiger charge is 2.30. The Balaban J connectivity index is 1.84. The van der Waals surface area contributed by atoms with E-state index in [1.54, 1.807) is 0 Å². The Morgan fingerprint density at radius 2 is 1.83 bits per heavy atom. The van der Waals surface area contributed by atoms with Crippen LogP contribution in [0.4, 0.5) is 0 Å². The molecule has 4 rings (SSSR count). The van der Waals surface area contributed by atoms with Crippen molar-refractivity contribution < 1.29 is 4.84 Å². The molecule has 0 saturated heterocycles. The summed E-state index contributed by atoms with van der Waals surface area (Å²) in [6.45, 7) is 12.4. The van der Waals surface area contributed by atoms with Crippen molar-refractivity contribution in [1.29, 1.82) is 0 Å². The second-order valence-electron chi connectivity index (χ2n) is 9.58. The van der Waals surface area contributed by atoms with Crippen LogP contribution in [0, 0.1) is 0 Å². The van der Waals surface area contributed by atoms with Gasteiger partial charge in [-0.15, -0.1) is 0 Å². The number of nitrogens with zero attached hydrogens (tertiary/aromatic N) is 3. The van der Waals surface area contributed by atoms with E-state index in [2.05, 4.69) is 54.3 Å². The Morgan fingerprint density at radius 1 is 1.07 bits per heavy atom. The smallest absolute Gasteiger partial charge is 0.129 e. The van der Waals surface area contributed by atoms with Gasteiger partial charge >= 0.3 is 0 Å². The third kappa shape index (κ3) is 4.13. The van der Waals surface area contributed by atoms with E-state index in [-0.39, 0.29) is 11.1 Å². The van der Waals surface area contributed by atoms with Gasteiger partial charge in [0.2, 0.25) is 0 Å². The number of hydrogen-bond acceptors (Lipinski definition) is 4. The minimum atomic E-state index is -0.321. The first-order valence-electron chi connectivity index (χ1n) is 10.4. The summed E-state index contributed by atoms with van der Waals surface area (Å²) in [5.74, 6) is 0. The zero-order valence-electron chi connectivity index (χ0n) is 18.7. The third-order valence-electron chi connectivity index (χ3n) is 5.17. The van der Waals surface area contributed by atoms with Crippen molar-refractivity contribution in [3.05, 3.63) is 77.0 Å². The maximum absolute atomic E-state index is 5.70. The van der Waals surface area contributed by atoms with E-state index < -0.39 is 0 Å². The minimum absolute atomic E-state index is 0.213. The Hall–Kier alpha value is -3.01. The van der Waals surface area contributed by atoms with Crippen molar-refractivity contribution in [2.45, 2.75) is 59.1 Å². The molecular weight excluding hydrogens is 370 g/mol. The molecule has 4 nitrogen and oxygen atoms in total. The first-order chi connectivity index (χ1) is 14.1. The van der Waals surface area contributed by atoms with Gasteiger partial charge in [-0.2, -0.15) is 0 Å². The van der Waals surface area contributed by atoms with Crippen molar-refractivity contribution in [3.8, 4) is 0 Å². The molecule has 2 aromatic carbocycles. The Kier molecular flexibility index (Phi) is 4.97. The molecule has 3 aromatic rings. The number of para-hydroxylation sites is 1. The van der Waals surface area contributed by atoms with E-state index in [9.17, 15) is 0 Å². The quantitative estimate of drug-likeness (QED) is 0.404. The van der Waals surface area contributed by atoms with Gasteiger partial charge in [-0.3, -0.25) is 9.98 Å². The number of hydrogen-bond donors (Lipinski definition) is 0. The maximum Gasteiger partial charge on any atom is 0.129 e. The van der Waals surface area contributed by atoms with Crippen molar-refractivity contribution in [3.63, 3.8) is 0 Å². The van der Waals surface area contributed by atoms with Gasteiger partial charge in [0.15, 0.2) is 0 Å². The van der Waals surface area contributed by atoms with Gasteiger partial charge in [-0.05, 0) is 65.7 Å². The molecule has 154 valence electrons. The minimum Gasteiger partial charge on any atom is -0.390 e. The number of aromatic nitrogens is 1. The van der Waals surface area contributed by atoms with Gasteiger partial charge < -0.3 is 4.84 Å². The molecule has 0 aliphatic carbocycles. The number of benzene rings is 2. The molecule has 0 unspecified atom stereocenters. The monoisotopic (exact) mass is 399 g/mol. The van der Waals surface area contributed by atoms with E-state index in [1.165, 1.54) is 5.56 Å². The summed E-state index contributed by atoms with van der Waals surface area (Å²) in [5, 5.41) is 5.55. The van der Waals surface area contributed by atoms with Gasteiger partial charge in [0, 0.05) is 28.3 Å². The van der Waals surface area contributed by atoms with Crippen molar-refractivity contribution >= 4 is 22.3 Å². The van der Waals surface area contributed by atoms with E-state index in [1.807, 2.05) is 52.1 Å². The van der Waals surface area contributed by atoms with Gasteiger partial charge in [0.1, 0.15) is 5.60 Å². The molecule has 0 fully saturated rings. The maximum atomic E-state index is 5.70. The second-order valence-corrected chi connectivity index (χ2v) is 9.58. The number of fused-ring (bicyclic) bond motifs is 2. The normalized spacial score (nSPS) is 16.2. The van der Waals surface area contributed by atoms with Gasteiger partial charge in [-0.25, -0.2) is 0 Å². The molecule has 0 radical (unpaired) electrons. The zero-order valence-corrected chi connectivity index (χ0v) is 18.7. The van der Waals surface area contributed by atoms with Crippen LogP contribution in [0.15, 0.2) is 64.9 Å². The van der Waals surface area contributed by atoms with Crippen molar-refractivity contribution in [1.82, 2.24) is 4.98 Å². The Bertz CT molecular complexity index is 1170. The van der Waals surface area contributed by atoms with Gasteiger partial charge in [0.05, 0.1) is 22.5 Å². The number of oxime groups is 1. The first kappa shape index (κ1) is 20.3. The first-order valence-corrected chi connectivity index (χ1v) is 10.4. The van der Waals surface area contributed by atoms with Crippen LogP contribution in [0.1, 0.15) is 63.8 Å². The van der Waals surface area contributed by atoms with Crippen molar-refractivity contribution in [2.24, 2.45) is 10.1 Å². The molecule has 4 heteroatoms. The summed E-state index contributed by atoms with van der Waals surface area (Å²) < 4.78 is 0. The molecule has 0 bridgehead atoms. The van der Waals surface area contributed by atoms with Gasteiger partial charge in [0.25, 0.3) is 0 Å². The largest absolute Gasteiger partial charge is 0.390 e. The van der Waals surface area contributed by atoms with Crippen LogP contribution in [0.25, 0.3) is 10.9 Å². The lowest BCUT2D eigenvalue weighted by molar-refractivity contribution is 0.000943. The van der Waals surface area contributed by atoms with Crippen LogP contribution in [-0.4, -0.2) is 27.5 Å². The highest BCUT2D eigenvalue weighted by molar-refractivity contribution is 6.17. The molecule has 0 N–H and O–H groups in total. The molecule has 2 heterocycles. The molecular formula is C26H29N3O. The number of rotatable bonds is 3. The third-order valence-corrected chi connectivity index (χ3v) is 5.17. The molecule has 1 aliphatic heterocycles. The van der Waals surface area contributed by atoms with Crippen LogP contribution in [0.5, 0.6) is 0 Å². The Labute approximate surface area is 178 Å². The fraction of sp³-hybridized carbons (Fsp3) is 0.346. The molecule has 0 saturated carbocycles. The predicted octanol–water partition coefficient (Wildman–Crippen LogP) is 5.95. The summed E-state index contributed by atoms with van der Waals surface area (Å²) in [6.07, 6.45) is 2.79. The number of aliphatic imine (C=N–C) groups is 1. The van der Waals surface area contributed by atoms with Crippen molar-refractivity contribution in [2.75, 3.05) is 0 Å². The fourth-order valence-corrected chi connectivity index (χ4v) is 3.85. The van der Waals surface area contributed by atoms with E-state index in [0.717, 1.165) is 45.4 Å². The summed E-state index contributed by atoms with van der Waals surface area (Å²) >= 11 is 0. The summed E-state index contributed by atoms with van der Waals surface area (Å²) in [6, 6.07) is 16.7. The lowest BCUT2D eigenvalue weighted by Gasteiger charge is -2.31. The van der Waals surface area contributed by atoms with Crippen LogP contribution in [-0.2, 0) is 11.3 Å². The van der Waals surface area contributed by atoms with Crippen LogP contribution in [0.3, 0.4) is 0 Å². The second kappa shape index (κ2) is 7.35. The van der Waals surface area contributed by atoms with E-state index in [4.69, 9.17) is 9.83 Å². The molecule has 1 aromatic heterocycles. The van der Waals surface area contributed by atoms with Crippen LogP contribution < -0.4 is 0 Å². The van der Waals surface area contributed by atoms with Crippen LogP contribution in [0.2, 0.25) is 0 Å². The average molecular weight is 400 g/mol. The summed E-state index contributed by atoms with van der Waals surface area (Å²) in [7, 11) is 0. The topological polar surface area (TPSA) is 46.8 Å². The van der Waals surface area contributed by atoms with E-state index >= 15 is 0 Å². The highest BCUT2D eigenvalue weighted by Crippen LogP contribution is 2.32. The molecule has 1 aliphatic rings. The summed E-state index contributed by atoms with van der Waals surface area (Å²) in [5.41, 5.74) is 6.91. The summed E-state index contributed by atoms with van der Waals surface area (Å²) in [4.78, 5) is 15.5. The molecule has 0 amide bonds.